The van der Waals surface area contributed by atoms with Crippen LogP contribution >= 0.6 is 27.7 Å². The normalized spacial score (nSPS) is 12.4. The first-order chi connectivity index (χ1) is 11.8. The molecule has 1 aromatic carbocycles. The number of hydrogen-bond acceptors (Lipinski definition) is 8. The van der Waals surface area contributed by atoms with Crippen LogP contribution in [0, 0.1) is 5.82 Å². The van der Waals surface area contributed by atoms with E-state index in [1.54, 1.807) is 0 Å². The van der Waals surface area contributed by atoms with Crippen molar-refractivity contribution in [3.63, 3.8) is 0 Å². The number of rotatable bonds is 7. The van der Waals surface area contributed by atoms with Crippen LogP contribution in [0.15, 0.2) is 37.3 Å². The Kier molecular flexibility index (Phi) is 6.89. The third-order valence-corrected chi connectivity index (χ3v) is 5.24. The van der Waals surface area contributed by atoms with Gasteiger partial charge in [-0.05, 0) is 50.9 Å². The van der Waals surface area contributed by atoms with Crippen LogP contribution in [0.4, 0.5) is 10.1 Å². The second-order valence-electron chi connectivity index (χ2n) is 4.66. The Labute approximate surface area is 155 Å². The van der Waals surface area contributed by atoms with Gasteiger partial charge >= 0.3 is 0 Å². The van der Waals surface area contributed by atoms with Crippen molar-refractivity contribution in [3.05, 3.63) is 34.2 Å². The molecule has 9 nitrogen and oxygen atoms in total. The van der Waals surface area contributed by atoms with Gasteiger partial charge in [-0.3, -0.25) is 10.7 Å². The Morgan fingerprint density at radius 2 is 2.24 bits per heavy atom. The summed E-state index contributed by atoms with van der Waals surface area (Å²) in [7, 11) is -3.53. The summed E-state index contributed by atoms with van der Waals surface area (Å²) < 4.78 is 39.9. The fourth-order valence-corrected chi connectivity index (χ4v) is 3.60. The van der Waals surface area contributed by atoms with E-state index in [-0.39, 0.29) is 21.8 Å². The Hall–Kier alpha value is -1.54. The van der Waals surface area contributed by atoms with Crippen LogP contribution in [0.25, 0.3) is 0 Å². The number of hydroxylamine groups is 1. The average Bonchev–Trinajstić information content (AvgIpc) is 3.00. The highest BCUT2D eigenvalue weighted by Gasteiger charge is 2.17. The van der Waals surface area contributed by atoms with Crippen LogP contribution in [0.3, 0.4) is 0 Å². The van der Waals surface area contributed by atoms with Gasteiger partial charge in [0.2, 0.25) is 10.0 Å². The maximum Gasteiger partial charge on any atom is 0.209 e. The van der Waals surface area contributed by atoms with Crippen molar-refractivity contribution in [1.29, 1.82) is 0 Å². The number of nitrogens with one attached hydrogen (secondary N) is 1. The summed E-state index contributed by atoms with van der Waals surface area (Å²) >= 11 is 4.21. The van der Waals surface area contributed by atoms with E-state index in [1.807, 2.05) is 5.48 Å². The zero-order chi connectivity index (χ0) is 18.4. The monoisotopic (exact) mass is 453 g/mol. The van der Waals surface area contributed by atoms with Gasteiger partial charge in [0, 0.05) is 5.75 Å². The zero-order valence-electron chi connectivity index (χ0n) is 12.5. The maximum atomic E-state index is 13.3. The fraction of sp³-hybridized carbons (Fsp3) is 0.250. The van der Waals surface area contributed by atoms with E-state index in [2.05, 4.69) is 35.9 Å². The van der Waals surface area contributed by atoms with Crippen molar-refractivity contribution in [2.45, 2.75) is 11.4 Å². The van der Waals surface area contributed by atoms with Gasteiger partial charge in [0.05, 0.1) is 15.9 Å². The molecule has 25 heavy (non-hydrogen) atoms. The third kappa shape index (κ3) is 6.04. The molecular formula is C12H13BrFN5O4S2. The first-order valence-corrected chi connectivity index (χ1v) is 10.2. The van der Waals surface area contributed by atoms with Gasteiger partial charge in [-0.25, -0.2) is 27.6 Å². The number of halogens is 2. The minimum atomic E-state index is -3.53. The Morgan fingerprint density at radius 3 is 2.88 bits per heavy atom. The lowest BCUT2D eigenvalue weighted by atomic mass is 10.3. The highest BCUT2D eigenvalue weighted by atomic mass is 79.9. The Bertz CT molecular complexity index is 874. The van der Waals surface area contributed by atoms with E-state index in [1.165, 1.54) is 30.0 Å². The van der Waals surface area contributed by atoms with Crippen molar-refractivity contribution >= 4 is 49.2 Å². The minimum absolute atomic E-state index is 0.0614. The maximum absolute atomic E-state index is 13.3. The molecular weight excluding hydrogens is 441 g/mol. The van der Waals surface area contributed by atoms with Crippen LogP contribution < -0.4 is 10.6 Å². The molecule has 0 unspecified atom stereocenters. The molecule has 0 atom stereocenters. The SMILES string of the molecule is NS(=O)(=O)CCCSc1nonc1C(=Nc1ccc(F)c(Br)c1)NO. The fourth-order valence-electron chi connectivity index (χ4n) is 1.66. The van der Waals surface area contributed by atoms with Crippen LogP contribution in [-0.2, 0) is 10.0 Å². The summed E-state index contributed by atoms with van der Waals surface area (Å²) in [5, 5.41) is 21.9. The van der Waals surface area contributed by atoms with Crippen molar-refractivity contribution in [2.75, 3.05) is 11.5 Å². The summed E-state index contributed by atoms with van der Waals surface area (Å²) in [6.45, 7) is 0. The first kappa shape index (κ1) is 19.8. The molecule has 0 saturated heterocycles. The second-order valence-corrected chi connectivity index (χ2v) is 8.33. The number of sulfonamides is 1. The number of nitrogens with zero attached hydrogens (tertiary/aromatic N) is 3. The summed E-state index contributed by atoms with van der Waals surface area (Å²) in [5.74, 6) is -0.289. The smallest absolute Gasteiger partial charge is 0.209 e. The standard InChI is InChI=1S/C12H13BrFN5O4S2/c13-8-6-7(2-3-9(8)14)16-11(17-20)10-12(19-23-18-10)24-4-1-5-25(15,21)22/h2-3,6,20H,1,4-5H2,(H,16,17)(H2,15,21,22). The van der Waals surface area contributed by atoms with Crippen LogP contribution in [0.1, 0.15) is 12.1 Å². The predicted octanol–water partition coefficient (Wildman–Crippen LogP) is 1.80. The lowest BCUT2D eigenvalue weighted by Crippen LogP contribution is -2.21. The molecule has 0 radical (unpaired) electrons. The molecule has 1 heterocycles. The highest BCUT2D eigenvalue weighted by Crippen LogP contribution is 2.24. The van der Waals surface area contributed by atoms with Gasteiger partial charge in [0.1, 0.15) is 5.82 Å². The lowest BCUT2D eigenvalue weighted by Gasteiger charge is -2.04. The van der Waals surface area contributed by atoms with E-state index in [9.17, 15) is 18.0 Å². The summed E-state index contributed by atoms with van der Waals surface area (Å²) in [6.07, 6.45) is 0.305. The van der Waals surface area contributed by atoms with E-state index in [0.29, 0.717) is 22.9 Å². The highest BCUT2D eigenvalue weighted by molar-refractivity contribution is 9.10. The second kappa shape index (κ2) is 8.71. The molecule has 0 bridgehead atoms. The molecule has 0 amide bonds. The van der Waals surface area contributed by atoms with Gasteiger partial charge in [-0.15, -0.1) is 11.8 Å². The molecule has 0 aliphatic carbocycles. The van der Waals surface area contributed by atoms with Crippen molar-refractivity contribution < 1.29 is 22.6 Å². The molecule has 0 aliphatic heterocycles. The van der Waals surface area contributed by atoms with E-state index in [0.717, 1.165) is 0 Å². The topological polar surface area (TPSA) is 144 Å². The van der Waals surface area contributed by atoms with Crippen molar-refractivity contribution in [1.82, 2.24) is 15.8 Å². The van der Waals surface area contributed by atoms with Gasteiger partial charge in [0.25, 0.3) is 0 Å². The molecule has 13 heteroatoms. The van der Waals surface area contributed by atoms with E-state index < -0.39 is 15.8 Å². The summed E-state index contributed by atoms with van der Waals surface area (Å²) in [4.78, 5) is 4.12. The zero-order valence-corrected chi connectivity index (χ0v) is 15.7. The number of nitrogens with two attached hydrogens (primary N) is 1. The van der Waals surface area contributed by atoms with Crippen LogP contribution in [0.5, 0.6) is 0 Å². The lowest BCUT2D eigenvalue weighted by molar-refractivity contribution is 0.234. The molecule has 2 aromatic rings. The van der Waals surface area contributed by atoms with E-state index >= 15 is 0 Å². The van der Waals surface area contributed by atoms with Crippen LogP contribution in [-0.4, -0.2) is 41.3 Å². The van der Waals surface area contributed by atoms with Gasteiger partial charge in [-0.1, -0.05) is 0 Å². The van der Waals surface area contributed by atoms with Crippen molar-refractivity contribution in [3.8, 4) is 0 Å². The number of amidine groups is 1. The molecule has 0 spiro atoms. The number of thioether (sulfide) groups is 1. The number of hydrogen-bond donors (Lipinski definition) is 3. The van der Waals surface area contributed by atoms with Crippen LogP contribution in [0.2, 0.25) is 0 Å². The number of aromatic nitrogens is 2. The molecule has 1 aromatic heterocycles. The number of benzene rings is 1. The molecule has 4 N–H and O–H groups in total. The minimum Gasteiger partial charge on any atom is -0.290 e. The quantitative estimate of drug-likeness (QED) is 0.189. The van der Waals surface area contributed by atoms with Crippen molar-refractivity contribution in [2.24, 2.45) is 10.1 Å². The molecule has 136 valence electrons. The molecule has 2 rings (SSSR count). The van der Waals surface area contributed by atoms with Gasteiger partial charge in [0.15, 0.2) is 16.6 Å². The number of aliphatic imine (C=N–C) groups is 1. The summed E-state index contributed by atoms with van der Waals surface area (Å²) in [6, 6.07) is 4.03. The molecule has 0 aliphatic rings. The number of primary sulfonamides is 1. The first-order valence-electron chi connectivity index (χ1n) is 6.70. The van der Waals surface area contributed by atoms with E-state index in [4.69, 9.17) is 5.14 Å². The third-order valence-electron chi connectivity index (χ3n) is 2.74. The predicted molar refractivity (Wildman–Crippen MR) is 92.8 cm³/mol. The largest absolute Gasteiger partial charge is 0.290 e. The van der Waals surface area contributed by atoms with Gasteiger partial charge in [-0.2, -0.15) is 0 Å². The molecule has 0 fully saturated rings. The van der Waals surface area contributed by atoms with Gasteiger partial charge < -0.3 is 0 Å². The average molecular weight is 454 g/mol. The molecule has 0 saturated carbocycles. The Morgan fingerprint density at radius 1 is 1.48 bits per heavy atom. The summed E-state index contributed by atoms with van der Waals surface area (Å²) in [5.41, 5.74) is 2.36. The Balaban J connectivity index is 2.14.